The molecule has 0 fully saturated rings. The number of nitrogens with zero attached hydrogens (tertiary/aromatic N) is 3. The van der Waals surface area contributed by atoms with Crippen molar-refractivity contribution in [2.75, 3.05) is 24.7 Å². The normalized spacial score (nSPS) is 13.3. The zero-order valence-electron chi connectivity index (χ0n) is 17.1. The van der Waals surface area contributed by atoms with E-state index in [0.29, 0.717) is 0 Å². The third kappa shape index (κ3) is 3.45. The molecule has 3 N–H and O–H groups in total. The van der Waals surface area contributed by atoms with Crippen LogP contribution < -0.4 is 11.1 Å². The molecule has 30 heavy (non-hydrogen) atoms. The molecule has 0 aliphatic heterocycles. The highest BCUT2D eigenvalue weighted by Crippen LogP contribution is 2.43. The van der Waals surface area contributed by atoms with Crippen LogP contribution in [0.4, 0.5) is 5.82 Å². The molecule has 5 rings (SSSR count). The van der Waals surface area contributed by atoms with E-state index in [9.17, 15) is 0 Å². The molecule has 3 aromatic heterocycles. The molecule has 3 heterocycles. The van der Waals surface area contributed by atoms with Crippen LogP contribution in [0.25, 0.3) is 31.7 Å². The third-order valence-corrected chi connectivity index (χ3v) is 7.29. The average Bonchev–Trinajstić information content (AvgIpc) is 3.41. The van der Waals surface area contributed by atoms with Crippen molar-refractivity contribution in [3.63, 3.8) is 0 Å². The molecule has 1 aliphatic carbocycles. The lowest BCUT2D eigenvalue weighted by Crippen LogP contribution is -2.07. The Balaban J connectivity index is 1.71. The van der Waals surface area contributed by atoms with Crippen molar-refractivity contribution in [3.8, 4) is 11.3 Å². The van der Waals surface area contributed by atoms with Gasteiger partial charge in [0.1, 0.15) is 10.6 Å². The van der Waals surface area contributed by atoms with Crippen molar-refractivity contribution < 1.29 is 0 Å². The Labute approximate surface area is 184 Å². The molecule has 0 spiro atoms. The smallest absolute Gasteiger partial charge is 0.189 e. The maximum atomic E-state index is 5.65. The van der Waals surface area contributed by atoms with Gasteiger partial charge >= 0.3 is 0 Å². The Kier molecular flexibility index (Phi) is 5.58. The number of anilines is 1. The predicted octanol–water partition coefficient (Wildman–Crippen LogP) is 5.27. The SMILES string of the molecule is CSc1nc(NCCCCN)c2sc3nc(-c4ccccc4)c4c(c3c2n1)CCC4. The van der Waals surface area contributed by atoms with Crippen LogP contribution in [0.15, 0.2) is 35.5 Å². The average molecular weight is 436 g/mol. The van der Waals surface area contributed by atoms with Gasteiger partial charge in [0, 0.05) is 17.5 Å². The van der Waals surface area contributed by atoms with Gasteiger partial charge < -0.3 is 11.1 Å². The number of aryl methyl sites for hydroxylation is 1. The summed E-state index contributed by atoms with van der Waals surface area (Å²) < 4.78 is 1.11. The molecule has 0 atom stereocenters. The van der Waals surface area contributed by atoms with Gasteiger partial charge in [-0.2, -0.15) is 0 Å². The first kappa shape index (κ1) is 19.7. The second-order valence-corrected chi connectivity index (χ2v) is 9.35. The van der Waals surface area contributed by atoms with Crippen molar-refractivity contribution >= 4 is 49.3 Å². The van der Waals surface area contributed by atoms with Gasteiger partial charge in [0.2, 0.25) is 0 Å². The lowest BCUT2D eigenvalue weighted by atomic mass is 10.0. The molecule has 0 saturated heterocycles. The van der Waals surface area contributed by atoms with Crippen LogP contribution in [0.2, 0.25) is 0 Å². The summed E-state index contributed by atoms with van der Waals surface area (Å²) in [5.74, 6) is 0.928. The van der Waals surface area contributed by atoms with Crippen LogP contribution in [0.1, 0.15) is 30.4 Å². The summed E-state index contributed by atoms with van der Waals surface area (Å²) in [5.41, 5.74) is 11.9. The van der Waals surface area contributed by atoms with E-state index in [-0.39, 0.29) is 0 Å². The first-order valence-corrected chi connectivity index (χ1v) is 12.5. The van der Waals surface area contributed by atoms with Gasteiger partial charge in [0.25, 0.3) is 0 Å². The predicted molar refractivity (Wildman–Crippen MR) is 129 cm³/mol. The van der Waals surface area contributed by atoms with E-state index in [2.05, 4.69) is 35.6 Å². The minimum absolute atomic E-state index is 0.720. The molecule has 0 radical (unpaired) electrons. The zero-order valence-corrected chi connectivity index (χ0v) is 18.7. The molecule has 7 heteroatoms. The zero-order chi connectivity index (χ0) is 20.5. The Morgan fingerprint density at radius 2 is 1.90 bits per heavy atom. The molecule has 1 aliphatic rings. The summed E-state index contributed by atoms with van der Waals surface area (Å²) in [6.07, 6.45) is 7.44. The minimum Gasteiger partial charge on any atom is -0.369 e. The maximum absolute atomic E-state index is 5.65. The highest BCUT2D eigenvalue weighted by Gasteiger charge is 2.25. The maximum Gasteiger partial charge on any atom is 0.189 e. The number of thioether (sulfide) groups is 1. The van der Waals surface area contributed by atoms with Gasteiger partial charge in [0.15, 0.2) is 5.16 Å². The number of thiophene rings is 1. The number of nitrogens with one attached hydrogen (secondary N) is 1. The van der Waals surface area contributed by atoms with Crippen molar-refractivity contribution in [2.45, 2.75) is 37.3 Å². The lowest BCUT2D eigenvalue weighted by Gasteiger charge is -2.10. The fraction of sp³-hybridized carbons (Fsp3) is 0.348. The van der Waals surface area contributed by atoms with E-state index in [1.54, 1.807) is 23.1 Å². The lowest BCUT2D eigenvalue weighted by molar-refractivity contribution is 0.771. The second-order valence-electron chi connectivity index (χ2n) is 7.58. The monoisotopic (exact) mass is 435 g/mol. The number of unbranched alkanes of at least 4 members (excludes halogenated alkanes) is 1. The summed E-state index contributed by atoms with van der Waals surface area (Å²) in [6, 6.07) is 10.6. The van der Waals surface area contributed by atoms with E-state index in [0.717, 1.165) is 70.5 Å². The van der Waals surface area contributed by atoms with Crippen molar-refractivity contribution in [3.05, 3.63) is 41.5 Å². The van der Waals surface area contributed by atoms with E-state index >= 15 is 0 Å². The van der Waals surface area contributed by atoms with Crippen LogP contribution in [-0.4, -0.2) is 34.3 Å². The molecule has 5 nitrogen and oxygen atoms in total. The van der Waals surface area contributed by atoms with Crippen molar-refractivity contribution in [2.24, 2.45) is 5.73 Å². The summed E-state index contributed by atoms with van der Waals surface area (Å²) in [6.45, 7) is 1.59. The quantitative estimate of drug-likeness (QED) is 0.234. The number of hydrogen-bond acceptors (Lipinski definition) is 7. The van der Waals surface area contributed by atoms with Crippen LogP contribution in [0.3, 0.4) is 0 Å². The molecular formula is C23H25N5S2. The molecule has 4 aromatic rings. The fourth-order valence-electron chi connectivity index (χ4n) is 4.27. The van der Waals surface area contributed by atoms with E-state index in [1.807, 2.05) is 6.26 Å². The van der Waals surface area contributed by atoms with E-state index in [4.69, 9.17) is 20.7 Å². The van der Waals surface area contributed by atoms with Gasteiger partial charge in [-0.25, -0.2) is 15.0 Å². The first-order chi connectivity index (χ1) is 14.8. The molecule has 0 amide bonds. The first-order valence-electron chi connectivity index (χ1n) is 10.5. The third-order valence-electron chi connectivity index (χ3n) is 5.67. The number of benzene rings is 1. The Morgan fingerprint density at radius 3 is 2.70 bits per heavy atom. The topological polar surface area (TPSA) is 76.7 Å². The summed E-state index contributed by atoms with van der Waals surface area (Å²) in [5, 5.41) is 5.58. The summed E-state index contributed by atoms with van der Waals surface area (Å²) in [4.78, 5) is 15.9. The van der Waals surface area contributed by atoms with Gasteiger partial charge in [-0.15, -0.1) is 11.3 Å². The number of pyridine rings is 1. The number of hydrogen-bond donors (Lipinski definition) is 2. The van der Waals surface area contributed by atoms with Crippen molar-refractivity contribution in [1.82, 2.24) is 15.0 Å². The summed E-state index contributed by atoms with van der Waals surface area (Å²) >= 11 is 3.30. The van der Waals surface area contributed by atoms with Crippen LogP contribution in [0, 0.1) is 0 Å². The van der Waals surface area contributed by atoms with Gasteiger partial charge in [-0.1, -0.05) is 42.1 Å². The molecular weight excluding hydrogens is 410 g/mol. The largest absolute Gasteiger partial charge is 0.369 e. The second kappa shape index (κ2) is 8.49. The molecule has 0 unspecified atom stereocenters. The van der Waals surface area contributed by atoms with Crippen molar-refractivity contribution in [1.29, 1.82) is 0 Å². The van der Waals surface area contributed by atoms with Crippen LogP contribution in [0.5, 0.6) is 0 Å². The number of aromatic nitrogens is 3. The highest BCUT2D eigenvalue weighted by molar-refractivity contribution is 7.98. The number of fused-ring (bicyclic) bond motifs is 5. The Hall–Kier alpha value is -2.22. The fourth-order valence-corrected chi connectivity index (χ4v) is 5.74. The Morgan fingerprint density at radius 1 is 1.07 bits per heavy atom. The van der Waals surface area contributed by atoms with Gasteiger partial charge in [-0.05, 0) is 56.0 Å². The highest BCUT2D eigenvalue weighted by atomic mass is 32.2. The van der Waals surface area contributed by atoms with Crippen LogP contribution >= 0.6 is 23.1 Å². The molecule has 154 valence electrons. The van der Waals surface area contributed by atoms with E-state index in [1.165, 1.54) is 28.5 Å². The van der Waals surface area contributed by atoms with Crippen LogP contribution in [-0.2, 0) is 12.8 Å². The standard InChI is InChI=1S/C23H25N5S2/c1-29-23-27-19-17-15-10-7-11-16(15)18(14-8-3-2-4-9-14)26-22(17)30-20(19)21(28-23)25-13-6-5-12-24/h2-4,8-9H,5-7,10-13,24H2,1H3,(H,25,27,28). The minimum atomic E-state index is 0.720. The Bertz CT molecular complexity index is 1200. The van der Waals surface area contributed by atoms with Gasteiger partial charge in [0.05, 0.1) is 15.9 Å². The number of nitrogens with two attached hydrogens (primary N) is 1. The molecule has 0 saturated carbocycles. The van der Waals surface area contributed by atoms with Gasteiger partial charge in [-0.3, -0.25) is 0 Å². The molecule has 0 bridgehead atoms. The van der Waals surface area contributed by atoms with E-state index < -0.39 is 0 Å². The number of rotatable bonds is 7. The molecule has 1 aromatic carbocycles. The summed E-state index contributed by atoms with van der Waals surface area (Å²) in [7, 11) is 0.